The number of rotatable bonds is 8. The molecule has 32 heavy (non-hydrogen) atoms. The number of hydrogen-bond acceptors (Lipinski definition) is 8. The molecular formula is C20H29N5O4S3. The minimum absolute atomic E-state index is 0.104. The van der Waals surface area contributed by atoms with Gasteiger partial charge in [0, 0.05) is 29.9 Å². The standard InChI is InChI=1S/C20H29N5O4S3/c1-19(2,3)29-18(28)24-17-23-13(10-31-17)15(26)22-12-8-14(25(6)9-12)16(27)21-11-20(4,5)32-30-7/h8-10H,11H2,1-7H3,(H,21,27)(H,22,26)(H,23,24,28). The maximum absolute atomic E-state index is 12.6. The van der Waals surface area contributed by atoms with Crippen molar-refractivity contribution in [3.8, 4) is 0 Å². The van der Waals surface area contributed by atoms with Crippen molar-refractivity contribution < 1.29 is 19.1 Å². The SMILES string of the molecule is CSSC(C)(C)CNC(=O)c1cc(NC(=O)c2csc(NC(=O)OC(C)(C)C)n2)cn1C. The molecule has 2 rings (SSSR count). The van der Waals surface area contributed by atoms with Crippen LogP contribution in [0.25, 0.3) is 0 Å². The Kier molecular flexibility index (Phi) is 8.66. The van der Waals surface area contributed by atoms with Gasteiger partial charge < -0.3 is 19.9 Å². The zero-order valence-corrected chi connectivity index (χ0v) is 21.6. The van der Waals surface area contributed by atoms with Crippen molar-refractivity contribution in [1.82, 2.24) is 14.9 Å². The molecule has 0 radical (unpaired) electrons. The van der Waals surface area contributed by atoms with Crippen LogP contribution in [-0.2, 0) is 11.8 Å². The molecule has 2 heterocycles. The Balaban J connectivity index is 1.98. The molecule has 12 heteroatoms. The van der Waals surface area contributed by atoms with E-state index in [1.807, 2.05) is 6.26 Å². The van der Waals surface area contributed by atoms with Crippen molar-refractivity contribution in [3.05, 3.63) is 29.0 Å². The maximum Gasteiger partial charge on any atom is 0.413 e. The molecule has 0 atom stereocenters. The maximum atomic E-state index is 12.6. The highest BCUT2D eigenvalue weighted by Gasteiger charge is 2.22. The second-order valence-corrected chi connectivity index (χ2v) is 12.5. The molecular weight excluding hydrogens is 470 g/mol. The van der Waals surface area contributed by atoms with Crippen LogP contribution in [0.3, 0.4) is 0 Å². The van der Waals surface area contributed by atoms with Crippen LogP contribution in [0.2, 0.25) is 0 Å². The van der Waals surface area contributed by atoms with Crippen LogP contribution in [0.4, 0.5) is 15.6 Å². The van der Waals surface area contributed by atoms with Crippen LogP contribution >= 0.6 is 32.9 Å². The monoisotopic (exact) mass is 499 g/mol. The molecule has 3 N–H and O–H groups in total. The molecule has 0 saturated heterocycles. The van der Waals surface area contributed by atoms with E-state index in [4.69, 9.17) is 4.74 Å². The number of hydrogen-bond donors (Lipinski definition) is 3. The molecule has 0 aromatic carbocycles. The average Bonchev–Trinajstić information content (AvgIpc) is 3.24. The Morgan fingerprint density at radius 2 is 1.84 bits per heavy atom. The molecule has 176 valence electrons. The van der Waals surface area contributed by atoms with E-state index in [0.29, 0.717) is 17.9 Å². The van der Waals surface area contributed by atoms with Crippen LogP contribution < -0.4 is 16.0 Å². The van der Waals surface area contributed by atoms with Gasteiger partial charge in [0.1, 0.15) is 17.0 Å². The zero-order valence-electron chi connectivity index (χ0n) is 19.2. The number of amides is 3. The summed E-state index contributed by atoms with van der Waals surface area (Å²) >= 11 is 1.11. The van der Waals surface area contributed by atoms with E-state index in [1.54, 1.807) is 66.2 Å². The van der Waals surface area contributed by atoms with Gasteiger partial charge in [-0.2, -0.15) is 0 Å². The number of nitrogens with one attached hydrogen (secondary N) is 3. The first-order valence-corrected chi connectivity index (χ1v) is 13.2. The minimum Gasteiger partial charge on any atom is -0.444 e. The highest BCUT2D eigenvalue weighted by Crippen LogP contribution is 2.32. The Morgan fingerprint density at radius 1 is 1.16 bits per heavy atom. The van der Waals surface area contributed by atoms with Gasteiger partial charge in [-0.1, -0.05) is 21.6 Å². The van der Waals surface area contributed by atoms with Crippen LogP contribution in [0.15, 0.2) is 17.6 Å². The van der Waals surface area contributed by atoms with Gasteiger partial charge in [-0.05, 0) is 46.9 Å². The van der Waals surface area contributed by atoms with Crippen molar-refractivity contribution >= 4 is 61.7 Å². The van der Waals surface area contributed by atoms with E-state index in [2.05, 4.69) is 34.8 Å². The van der Waals surface area contributed by atoms with Gasteiger partial charge in [0.15, 0.2) is 5.13 Å². The molecule has 0 aliphatic heterocycles. The quantitative estimate of drug-likeness (QED) is 0.455. The average molecular weight is 500 g/mol. The van der Waals surface area contributed by atoms with Gasteiger partial charge in [-0.3, -0.25) is 14.9 Å². The van der Waals surface area contributed by atoms with Gasteiger partial charge in [-0.25, -0.2) is 9.78 Å². The summed E-state index contributed by atoms with van der Waals surface area (Å²) < 4.78 is 6.72. The number of anilines is 2. The van der Waals surface area contributed by atoms with Crippen LogP contribution in [0.5, 0.6) is 0 Å². The molecule has 3 amide bonds. The topological polar surface area (TPSA) is 114 Å². The van der Waals surface area contributed by atoms with Gasteiger partial charge in [0.2, 0.25) is 0 Å². The van der Waals surface area contributed by atoms with Gasteiger partial charge in [0.05, 0.1) is 5.69 Å². The lowest BCUT2D eigenvalue weighted by Gasteiger charge is -2.22. The summed E-state index contributed by atoms with van der Waals surface area (Å²) in [5.74, 6) is -0.672. The van der Waals surface area contributed by atoms with Crippen molar-refractivity contribution in [2.24, 2.45) is 7.05 Å². The molecule has 0 bridgehead atoms. The van der Waals surface area contributed by atoms with E-state index in [9.17, 15) is 14.4 Å². The van der Waals surface area contributed by atoms with Gasteiger partial charge in [0.25, 0.3) is 11.8 Å². The lowest BCUT2D eigenvalue weighted by atomic mass is 10.2. The fourth-order valence-electron chi connectivity index (χ4n) is 2.52. The van der Waals surface area contributed by atoms with Crippen molar-refractivity contribution in [2.45, 2.75) is 45.0 Å². The summed E-state index contributed by atoms with van der Waals surface area (Å²) in [6.07, 6.45) is 3.01. The predicted molar refractivity (Wildman–Crippen MR) is 133 cm³/mol. The smallest absolute Gasteiger partial charge is 0.413 e. The molecule has 0 saturated carbocycles. The first-order chi connectivity index (χ1) is 14.8. The number of carbonyl (C=O) groups excluding carboxylic acids is 3. The van der Waals surface area contributed by atoms with Gasteiger partial charge >= 0.3 is 6.09 Å². The number of aromatic nitrogens is 2. The van der Waals surface area contributed by atoms with Crippen LogP contribution in [0.1, 0.15) is 55.6 Å². The Labute approximate surface area is 199 Å². The number of thiazole rings is 1. The Bertz CT molecular complexity index is 978. The van der Waals surface area contributed by atoms with Crippen molar-refractivity contribution in [3.63, 3.8) is 0 Å². The summed E-state index contributed by atoms with van der Waals surface area (Å²) in [4.78, 5) is 41.1. The van der Waals surface area contributed by atoms with Crippen LogP contribution in [0, 0.1) is 0 Å². The summed E-state index contributed by atoms with van der Waals surface area (Å²) in [6, 6.07) is 1.61. The molecule has 2 aromatic heterocycles. The summed E-state index contributed by atoms with van der Waals surface area (Å²) in [5.41, 5.74) is 0.403. The van der Waals surface area contributed by atoms with E-state index in [1.165, 1.54) is 5.38 Å². The van der Waals surface area contributed by atoms with Crippen molar-refractivity contribution in [2.75, 3.05) is 23.4 Å². The lowest BCUT2D eigenvalue weighted by Crippen LogP contribution is -2.36. The molecule has 0 spiro atoms. The first kappa shape index (κ1) is 26.1. The second kappa shape index (κ2) is 10.6. The van der Waals surface area contributed by atoms with Gasteiger partial charge in [-0.15, -0.1) is 11.3 Å². The van der Waals surface area contributed by atoms with E-state index in [0.717, 1.165) is 11.3 Å². The van der Waals surface area contributed by atoms with Crippen molar-refractivity contribution in [1.29, 1.82) is 0 Å². The number of nitrogens with zero attached hydrogens (tertiary/aromatic N) is 2. The zero-order chi connectivity index (χ0) is 24.1. The third kappa shape index (κ3) is 8.06. The fourth-order valence-corrected chi connectivity index (χ4v) is 5.31. The second-order valence-electron chi connectivity index (χ2n) is 8.54. The Morgan fingerprint density at radius 3 is 2.47 bits per heavy atom. The number of aryl methyl sites for hydroxylation is 1. The van der Waals surface area contributed by atoms with E-state index in [-0.39, 0.29) is 21.5 Å². The molecule has 0 unspecified atom stereocenters. The molecule has 0 aliphatic carbocycles. The highest BCUT2D eigenvalue weighted by atomic mass is 33.1. The lowest BCUT2D eigenvalue weighted by molar-refractivity contribution is 0.0635. The largest absolute Gasteiger partial charge is 0.444 e. The summed E-state index contributed by atoms with van der Waals surface area (Å²) in [6.45, 7) is 9.90. The summed E-state index contributed by atoms with van der Waals surface area (Å²) in [7, 11) is 5.08. The van der Waals surface area contributed by atoms with E-state index < -0.39 is 17.6 Å². The molecule has 2 aromatic rings. The minimum atomic E-state index is -0.642. The highest BCUT2D eigenvalue weighted by molar-refractivity contribution is 8.76. The number of ether oxygens (including phenoxy) is 1. The normalized spacial score (nSPS) is 11.7. The van der Waals surface area contributed by atoms with Crippen LogP contribution in [-0.4, -0.2) is 50.6 Å². The fraction of sp³-hybridized carbons (Fsp3) is 0.500. The first-order valence-electron chi connectivity index (χ1n) is 9.73. The third-order valence-electron chi connectivity index (χ3n) is 3.82. The summed E-state index contributed by atoms with van der Waals surface area (Å²) in [5, 5.41) is 9.95. The number of carbonyl (C=O) groups is 3. The Hall–Kier alpha value is -2.18. The molecule has 0 aliphatic rings. The molecule has 0 fully saturated rings. The van der Waals surface area contributed by atoms with E-state index >= 15 is 0 Å². The predicted octanol–water partition coefficient (Wildman–Crippen LogP) is 4.60. The molecule has 9 nitrogen and oxygen atoms in total. The third-order valence-corrected chi connectivity index (χ3v) is 7.20.